The van der Waals surface area contributed by atoms with E-state index in [9.17, 15) is 8.42 Å². The average molecular weight is 352 g/mol. The normalized spacial score (nSPS) is 11.7. The summed E-state index contributed by atoms with van der Waals surface area (Å²) in [6, 6.07) is 1.48. The minimum atomic E-state index is -3.60. The fourth-order valence-electron chi connectivity index (χ4n) is 1.43. The summed E-state index contributed by atoms with van der Waals surface area (Å²) in [5.41, 5.74) is 0. The van der Waals surface area contributed by atoms with Crippen LogP contribution in [0.4, 0.5) is 0 Å². The second-order valence-electron chi connectivity index (χ2n) is 3.55. The second kappa shape index (κ2) is 6.68. The van der Waals surface area contributed by atoms with Gasteiger partial charge in [-0.2, -0.15) is 4.31 Å². The monoisotopic (exact) mass is 351 g/mol. The van der Waals surface area contributed by atoms with Crippen LogP contribution < -0.4 is 0 Å². The molecule has 1 rings (SSSR count). The second-order valence-corrected chi connectivity index (χ2v) is 7.91. The Morgan fingerprint density at radius 1 is 1.61 bits per heavy atom. The van der Waals surface area contributed by atoms with Crippen molar-refractivity contribution in [3.8, 4) is 12.3 Å². The Hall–Kier alpha value is -0.390. The summed E-state index contributed by atoms with van der Waals surface area (Å²) in [5.74, 6) is 2.35. The molecule has 4 nitrogen and oxygen atoms in total. The molecule has 100 valence electrons. The van der Waals surface area contributed by atoms with E-state index in [4.69, 9.17) is 11.5 Å². The zero-order chi connectivity index (χ0) is 13.8. The van der Waals surface area contributed by atoms with Gasteiger partial charge in [0.25, 0.3) is 0 Å². The van der Waals surface area contributed by atoms with Crippen LogP contribution in [0.5, 0.6) is 0 Å². The first-order valence-electron chi connectivity index (χ1n) is 5.30. The molecule has 0 aliphatic rings. The topological polar surface area (TPSA) is 57.6 Å². The number of halogens is 1. The number of nitrogens with zero attached hydrogens (tertiary/aromatic N) is 1. The zero-order valence-electron chi connectivity index (χ0n) is 9.89. The van der Waals surface area contributed by atoms with E-state index < -0.39 is 10.0 Å². The zero-order valence-corrected chi connectivity index (χ0v) is 13.1. The Morgan fingerprint density at radius 3 is 2.72 bits per heavy atom. The minimum absolute atomic E-state index is 0.0485. The third-order valence-corrected chi connectivity index (χ3v) is 6.30. The van der Waals surface area contributed by atoms with Gasteiger partial charge in [-0.05, 0) is 28.4 Å². The molecule has 1 heterocycles. The Balaban J connectivity index is 3.17. The molecule has 0 amide bonds. The van der Waals surface area contributed by atoms with Crippen molar-refractivity contribution in [3.05, 3.63) is 14.7 Å². The predicted octanol–water partition coefficient (Wildman–Crippen LogP) is 2.04. The lowest BCUT2D eigenvalue weighted by Gasteiger charge is -2.18. The summed E-state index contributed by atoms with van der Waals surface area (Å²) in [4.78, 5) is 0.762. The van der Waals surface area contributed by atoms with Crippen LogP contribution in [0.3, 0.4) is 0 Å². The number of hydrogen-bond acceptors (Lipinski definition) is 4. The number of hydrogen-bond donors (Lipinski definition) is 1. The summed E-state index contributed by atoms with van der Waals surface area (Å²) >= 11 is 4.42. The maximum Gasteiger partial charge on any atom is 0.245 e. The third kappa shape index (κ3) is 3.33. The van der Waals surface area contributed by atoms with E-state index in [1.54, 1.807) is 0 Å². The maximum atomic E-state index is 12.4. The van der Waals surface area contributed by atoms with E-state index in [0.29, 0.717) is 21.6 Å². The minimum Gasteiger partial charge on any atom is -0.391 e. The van der Waals surface area contributed by atoms with Gasteiger partial charge in [-0.25, -0.2) is 8.42 Å². The predicted molar refractivity (Wildman–Crippen MR) is 75.8 cm³/mol. The molecular formula is C11H14BrNO3S2. The Morgan fingerprint density at radius 2 is 2.28 bits per heavy atom. The molecular weight excluding hydrogens is 338 g/mol. The van der Waals surface area contributed by atoms with Gasteiger partial charge in [0.2, 0.25) is 10.0 Å². The van der Waals surface area contributed by atoms with E-state index in [1.165, 1.54) is 21.7 Å². The lowest BCUT2D eigenvalue weighted by atomic mass is 10.5. The highest BCUT2D eigenvalue weighted by molar-refractivity contribution is 9.11. The van der Waals surface area contributed by atoms with Crippen LogP contribution in [-0.4, -0.2) is 30.9 Å². The van der Waals surface area contributed by atoms with Crippen molar-refractivity contribution >= 4 is 37.3 Å². The van der Waals surface area contributed by atoms with Crippen molar-refractivity contribution in [3.63, 3.8) is 0 Å². The first-order chi connectivity index (χ1) is 8.47. The van der Waals surface area contributed by atoms with Crippen molar-refractivity contribution < 1.29 is 13.5 Å². The van der Waals surface area contributed by atoms with E-state index in [0.717, 1.165) is 0 Å². The van der Waals surface area contributed by atoms with Crippen molar-refractivity contribution in [1.29, 1.82) is 0 Å². The van der Waals surface area contributed by atoms with Crippen LogP contribution in [0.1, 0.15) is 18.2 Å². The smallest absolute Gasteiger partial charge is 0.245 e. The van der Waals surface area contributed by atoms with Crippen molar-refractivity contribution in [2.75, 3.05) is 13.1 Å². The molecule has 0 aliphatic heterocycles. The molecule has 0 saturated carbocycles. The number of aliphatic hydroxyl groups is 1. The van der Waals surface area contributed by atoms with Gasteiger partial charge in [-0.15, -0.1) is 17.8 Å². The molecule has 0 saturated heterocycles. The van der Waals surface area contributed by atoms with Gasteiger partial charge in [0, 0.05) is 11.4 Å². The highest BCUT2D eigenvalue weighted by atomic mass is 79.9. The quantitative estimate of drug-likeness (QED) is 0.797. The molecule has 1 aromatic rings. The molecule has 0 radical (unpaired) electrons. The molecule has 1 N–H and O–H groups in total. The molecule has 0 fully saturated rings. The van der Waals surface area contributed by atoms with Crippen LogP contribution in [0.15, 0.2) is 14.7 Å². The fraction of sp³-hybridized carbons (Fsp3) is 0.455. The van der Waals surface area contributed by atoms with Crippen LogP contribution in [0.2, 0.25) is 0 Å². The van der Waals surface area contributed by atoms with E-state index in [-0.39, 0.29) is 18.0 Å². The third-order valence-electron chi connectivity index (χ3n) is 2.22. The van der Waals surface area contributed by atoms with Gasteiger partial charge in [0.05, 0.1) is 16.9 Å². The van der Waals surface area contributed by atoms with Gasteiger partial charge in [0.1, 0.15) is 4.90 Å². The molecule has 0 bridgehead atoms. The van der Waals surface area contributed by atoms with Crippen LogP contribution >= 0.6 is 27.3 Å². The van der Waals surface area contributed by atoms with Gasteiger partial charge >= 0.3 is 0 Å². The van der Waals surface area contributed by atoms with E-state index in [2.05, 4.69) is 21.9 Å². The fourth-order valence-corrected chi connectivity index (χ4v) is 5.36. The number of rotatable bonds is 6. The average Bonchev–Trinajstić information content (AvgIpc) is 2.71. The molecule has 0 aliphatic carbocycles. The SMILES string of the molecule is C#CCN(CCC)S(=O)(=O)c1cc(CO)sc1Br. The number of aliphatic hydroxyl groups excluding tert-OH is 1. The van der Waals surface area contributed by atoms with Crippen molar-refractivity contribution in [1.82, 2.24) is 4.31 Å². The molecule has 0 unspecified atom stereocenters. The first kappa shape index (κ1) is 15.7. The Bertz CT molecular complexity index is 545. The van der Waals surface area contributed by atoms with Gasteiger partial charge < -0.3 is 5.11 Å². The molecule has 0 aromatic carbocycles. The molecule has 7 heteroatoms. The standard InChI is InChI=1S/C11H14BrNO3S2/c1-3-5-13(6-4-2)18(15,16)10-7-9(8-14)17-11(10)12/h1,7,14H,4-6,8H2,2H3. The van der Waals surface area contributed by atoms with Gasteiger partial charge in [0.15, 0.2) is 0 Å². The van der Waals surface area contributed by atoms with Crippen LogP contribution in [-0.2, 0) is 16.6 Å². The van der Waals surface area contributed by atoms with E-state index >= 15 is 0 Å². The Kier molecular flexibility index (Phi) is 5.82. The largest absolute Gasteiger partial charge is 0.391 e. The number of thiophene rings is 1. The number of sulfonamides is 1. The molecule has 18 heavy (non-hydrogen) atoms. The summed E-state index contributed by atoms with van der Waals surface area (Å²) < 4.78 is 26.5. The van der Waals surface area contributed by atoms with E-state index in [1.807, 2.05) is 6.92 Å². The summed E-state index contributed by atoms with van der Waals surface area (Å²) in [6.45, 7) is 2.14. The summed E-state index contributed by atoms with van der Waals surface area (Å²) in [6.07, 6.45) is 5.89. The highest BCUT2D eigenvalue weighted by Crippen LogP contribution is 2.33. The summed E-state index contributed by atoms with van der Waals surface area (Å²) in [7, 11) is -3.60. The maximum absolute atomic E-state index is 12.4. The highest BCUT2D eigenvalue weighted by Gasteiger charge is 2.27. The first-order valence-corrected chi connectivity index (χ1v) is 8.35. The van der Waals surface area contributed by atoms with Crippen molar-refractivity contribution in [2.45, 2.75) is 24.8 Å². The lowest BCUT2D eigenvalue weighted by molar-refractivity contribution is 0.285. The van der Waals surface area contributed by atoms with Crippen LogP contribution in [0, 0.1) is 12.3 Å². The van der Waals surface area contributed by atoms with Crippen molar-refractivity contribution in [2.24, 2.45) is 0 Å². The summed E-state index contributed by atoms with van der Waals surface area (Å²) in [5, 5.41) is 9.04. The van der Waals surface area contributed by atoms with Crippen LogP contribution in [0.25, 0.3) is 0 Å². The molecule has 0 atom stereocenters. The number of terminal acetylenes is 1. The molecule has 1 aromatic heterocycles. The van der Waals surface area contributed by atoms with Gasteiger partial charge in [-0.1, -0.05) is 12.8 Å². The Labute approximate surface area is 120 Å². The lowest BCUT2D eigenvalue weighted by Crippen LogP contribution is -2.32. The van der Waals surface area contributed by atoms with Gasteiger partial charge in [-0.3, -0.25) is 0 Å². The molecule has 0 spiro atoms.